The van der Waals surface area contributed by atoms with Crippen molar-refractivity contribution in [2.75, 3.05) is 0 Å². The lowest BCUT2D eigenvalue weighted by molar-refractivity contribution is 0.383. The summed E-state index contributed by atoms with van der Waals surface area (Å²) in [6.07, 6.45) is 8.69. The molecular weight excluding hydrogens is 338 g/mol. The van der Waals surface area contributed by atoms with Crippen molar-refractivity contribution in [1.82, 2.24) is 4.98 Å². The molecule has 0 fully saturated rings. The molecular formula is C27H39N. The van der Waals surface area contributed by atoms with Crippen LogP contribution in [-0.2, 0) is 10.8 Å². The van der Waals surface area contributed by atoms with Crippen molar-refractivity contribution in [1.29, 1.82) is 0 Å². The largest absolute Gasteiger partial charge is 0.354 e. The Morgan fingerprint density at radius 2 is 1.21 bits per heavy atom. The fraction of sp³-hybridized carbons (Fsp3) is 0.556. The van der Waals surface area contributed by atoms with Crippen LogP contribution in [0.1, 0.15) is 97.6 Å². The van der Waals surface area contributed by atoms with Crippen LogP contribution in [0.15, 0.2) is 36.4 Å². The van der Waals surface area contributed by atoms with Crippen LogP contribution in [-0.4, -0.2) is 4.98 Å². The van der Waals surface area contributed by atoms with Gasteiger partial charge in [0.25, 0.3) is 0 Å². The van der Waals surface area contributed by atoms with Crippen LogP contribution in [0.5, 0.6) is 0 Å². The predicted octanol–water partition coefficient (Wildman–Crippen LogP) is 8.65. The van der Waals surface area contributed by atoms with E-state index in [1.165, 1.54) is 77.9 Å². The number of aromatic nitrogens is 1. The first-order chi connectivity index (χ1) is 13.4. The normalized spacial score (nSPS) is 14.6. The summed E-state index contributed by atoms with van der Waals surface area (Å²) in [6.45, 7) is 14.1. The number of benzene rings is 2. The quantitative estimate of drug-likeness (QED) is 0.384. The minimum absolute atomic E-state index is 0.260. The Morgan fingerprint density at radius 3 is 1.68 bits per heavy atom. The first kappa shape index (κ1) is 21.0. The van der Waals surface area contributed by atoms with E-state index in [9.17, 15) is 0 Å². The van der Waals surface area contributed by atoms with Crippen molar-refractivity contribution in [2.24, 2.45) is 0 Å². The highest BCUT2D eigenvalue weighted by molar-refractivity contribution is 6.07. The van der Waals surface area contributed by atoms with Gasteiger partial charge in [0.1, 0.15) is 0 Å². The van der Waals surface area contributed by atoms with Crippen LogP contribution in [0.2, 0.25) is 0 Å². The molecule has 0 radical (unpaired) electrons. The number of hydrogen-bond donors (Lipinski definition) is 1. The van der Waals surface area contributed by atoms with Crippen LogP contribution < -0.4 is 0 Å². The van der Waals surface area contributed by atoms with Crippen molar-refractivity contribution < 1.29 is 0 Å². The van der Waals surface area contributed by atoms with Crippen LogP contribution in [0.25, 0.3) is 21.8 Å². The second kappa shape index (κ2) is 8.31. The van der Waals surface area contributed by atoms with Gasteiger partial charge in [-0.1, -0.05) is 85.1 Å². The van der Waals surface area contributed by atoms with Gasteiger partial charge in [-0.15, -0.1) is 0 Å². The average Bonchev–Trinajstić information content (AvgIpc) is 3.08. The molecule has 152 valence electrons. The number of nitrogens with one attached hydrogen (secondary N) is 1. The third-order valence-corrected chi connectivity index (χ3v) is 7.44. The summed E-state index contributed by atoms with van der Waals surface area (Å²) in [5.41, 5.74) is 6.06. The van der Waals surface area contributed by atoms with Gasteiger partial charge < -0.3 is 4.98 Å². The van der Waals surface area contributed by atoms with Crippen molar-refractivity contribution in [3.63, 3.8) is 0 Å². The number of unbranched alkanes of at least 4 members (excludes halogenated alkanes) is 1. The monoisotopic (exact) mass is 377 g/mol. The summed E-state index contributed by atoms with van der Waals surface area (Å²) >= 11 is 0. The van der Waals surface area contributed by atoms with Gasteiger partial charge in [0.05, 0.1) is 0 Å². The smallest absolute Gasteiger partial charge is 0.0467 e. The van der Waals surface area contributed by atoms with Crippen LogP contribution >= 0.6 is 0 Å². The zero-order chi connectivity index (χ0) is 20.4. The van der Waals surface area contributed by atoms with E-state index in [0.717, 1.165) is 0 Å². The zero-order valence-corrected chi connectivity index (χ0v) is 18.9. The third-order valence-electron chi connectivity index (χ3n) is 7.44. The van der Waals surface area contributed by atoms with E-state index in [0.29, 0.717) is 0 Å². The number of fused-ring (bicyclic) bond motifs is 3. The molecule has 0 spiro atoms. The van der Waals surface area contributed by atoms with Gasteiger partial charge >= 0.3 is 0 Å². The van der Waals surface area contributed by atoms with Crippen LogP contribution in [0.3, 0.4) is 0 Å². The molecule has 3 aromatic rings. The van der Waals surface area contributed by atoms with E-state index in [4.69, 9.17) is 0 Å². The Kier molecular flexibility index (Phi) is 6.22. The maximum Gasteiger partial charge on any atom is 0.0467 e. The molecule has 0 amide bonds. The van der Waals surface area contributed by atoms with Gasteiger partial charge in [-0.25, -0.2) is 0 Å². The first-order valence-corrected chi connectivity index (χ1v) is 11.5. The second-order valence-electron chi connectivity index (χ2n) is 9.33. The highest BCUT2D eigenvalue weighted by Crippen LogP contribution is 2.38. The molecule has 1 atom stereocenters. The molecule has 1 heteroatoms. The minimum atomic E-state index is 0.260. The summed E-state index contributed by atoms with van der Waals surface area (Å²) in [5.74, 6) is 0. The summed E-state index contributed by atoms with van der Waals surface area (Å²) < 4.78 is 0. The molecule has 0 aliphatic rings. The summed E-state index contributed by atoms with van der Waals surface area (Å²) in [4.78, 5) is 3.75. The first-order valence-electron chi connectivity index (χ1n) is 11.5. The minimum Gasteiger partial charge on any atom is -0.354 e. The van der Waals surface area contributed by atoms with Crippen LogP contribution in [0.4, 0.5) is 0 Å². The van der Waals surface area contributed by atoms with E-state index in [1.54, 1.807) is 0 Å². The van der Waals surface area contributed by atoms with E-state index in [-0.39, 0.29) is 10.8 Å². The molecule has 1 aromatic heterocycles. The lowest BCUT2D eigenvalue weighted by Crippen LogP contribution is -2.21. The topological polar surface area (TPSA) is 15.8 Å². The second-order valence-corrected chi connectivity index (χ2v) is 9.33. The highest BCUT2D eigenvalue weighted by Gasteiger charge is 2.26. The number of hydrogen-bond acceptors (Lipinski definition) is 0. The van der Waals surface area contributed by atoms with E-state index in [1.807, 2.05) is 0 Å². The SMILES string of the molecule is CCCCC(C)(CCC)c1ccc2c(c1)[nH]c1cc(C(C)(CC)CC)ccc12. The van der Waals surface area contributed by atoms with Crippen molar-refractivity contribution in [2.45, 2.75) is 97.3 Å². The lowest BCUT2D eigenvalue weighted by atomic mass is 9.74. The number of rotatable bonds is 9. The molecule has 3 rings (SSSR count). The lowest BCUT2D eigenvalue weighted by Gasteiger charge is -2.30. The maximum absolute atomic E-state index is 3.75. The molecule has 1 N–H and O–H groups in total. The Balaban J connectivity index is 2.08. The van der Waals surface area contributed by atoms with E-state index >= 15 is 0 Å². The highest BCUT2D eigenvalue weighted by atomic mass is 14.7. The Labute approximate surface area is 171 Å². The molecule has 1 unspecified atom stereocenters. The van der Waals surface area contributed by atoms with Gasteiger partial charge in [0, 0.05) is 21.8 Å². The zero-order valence-electron chi connectivity index (χ0n) is 18.9. The molecule has 2 aromatic carbocycles. The molecule has 1 nitrogen and oxygen atoms in total. The Hall–Kier alpha value is -1.76. The fourth-order valence-corrected chi connectivity index (χ4v) is 4.85. The van der Waals surface area contributed by atoms with Gasteiger partial charge in [0.15, 0.2) is 0 Å². The van der Waals surface area contributed by atoms with Crippen LogP contribution in [0, 0.1) is 0 Å². The Bertz CT molecular complexity index is 928. The van der Waals surface area contributed by atoms with Crippen molar-refractivity contribution >= 4 is 21.8 Å². The van der Waals surface area contributed by atoms with Crippen molar-refractivity contribution in [3.8, 4) is 0 Å². The predicted molar refractivity (Wildman–Crippen MR) is 126 cm³/mol. The van der Waals surface area contributed by atoms with E-state index in [2.05, 4.69) is 82.9 Å². The number of aromatic amines is 1. The molecule has 1 heterocycles. The molecule has 0 aliphatic heterocycles. The molecule has 0 saturated heterocycles. The van der Waals surface area contributed by atoms with Gasteiger partial charge in [0.2, 0.25) is 0 Å². The van der Waals surface area contributed by atoms with Gasteiger partial charge in [-0.05, 0) is 59.8 Å². The van der Waals surface area contributed by atoms with Gasteiger partial charge in [-0.3, -0.25) is 0 Å². The average molecular weight is 378 g/mol. The molecule has 0 bridgehead atoms. The number of H-pyrrole nitrogens is 1. The Morgan fingerprint density at radius 1 is 0.679 bits per heavy atom. The summed E-state index contributed by atoms with van der Waals surface area (Å²) in [7, 11) is 0. The third kappa shape index (κ3) is 3.73. The molecule has 0 saturated carbocycles. The fourth-order valence-electron chi connectivity index (χ4n) is 4.85. The molecule has 28 heavy (non-hydrogen) atoms. The van der Waals surface area contributed by atoms with E-state index < -0.39 is 0 Å². The summed E-state index contributed by atoms with van der Waals surface area (Å²) in [6, 6.07) is 14.2. The standard InChI is InChI=1S/C27H39N/c1-7-11-17-27(6,16-8-2)21-13-15-23-22-14-12-20(26(5,9-3)10-4)18-24(22)28-25(23)19-21/h12-15,18-19,28H,7-11,16-17H2,1-6H3. The molecule has 0 aliphatic carbocycles. The maximum atomic E-state index is 3.75. The summed E-state index contributed by atoms with van der Waals surface area (Å²) in [5, 5.41) is 2.71. The van der Waals surface area contributed by atoms with Gasteiger partial charge in [-0.2, -0.15) is 0 Å². The van der Waals surface area contributed by atoms with Crippen molar-refractivity contribution in [3.05, 3.63) is 47.5 Å².